The van der Waals surface area contributed by atoms with Gasteiger partial charge in [0.05, 0.1) is 11.7 Å². The molecule has 1 unspecified atom stereocenters. The van der Waals surface area contributed by atoms with E-state index in [2.05, 4.69) is 0 Å². The number of hydrogen-bond donors (Lipinski definition) is 2. The fourth-order valence-corrected chi connectivity index (χ4v) is 2.61. The Hall–Kier alpha value is -1.26. The standard InChI is InChI=1S/C14H18ClNO3/c1-9(17)10-4-6-16(7-5-10)14(19)12-3-2-11(15)8-13(12)18/h2-3,8-10,17-18H,4-7H2,1H3. The number of carbonyl (C=O) groups is 1. The van der Waals surface area contributed by atoms with Crippen molar-refractivity contribution in [2.45, 2.75) is 25.9 Å². The predicted molar refractivity (Wildman–Crippen MR) is 73.4 cm³/mol. The first kappa shape index (κ1) is 14.2. The number of rotatable bonds is 2. The Kier molecular flexibility index (Phi) is 4.32. The number of aliphatic hydroxyl groups excluding tert-OH is 1. The summed E-state index contributed by atoms with van der Waals surface area (Å²) in [6.45, 7) is 3.00. The monoisotopic (exact) mass is 283 g/mol. The topological polar surface area (TPSA) is 60.8 Å². The minimum Gasteiger partial charge on any atom is -0.507 e. The number of phenolic OH excluding ortho intramolecular Hbond substituents is 1. The van der Waals surface area contributed by atoms with Gasteiger partial charge in [-0.3, -0.25) is 4.79 Å². The van der Waals surface area contributed by atoms with Crippen LogP contribution in [-0.2, 0) is 0 Å². The van der Waals surface area contributed by atoms with Crippen molar-refractivity contribution in [3.63, 3.8) is 0 Å². The van der Waals surface area contributed by atoms with E-state index in [0.29, 0.717) is 18.1 Å². The molecule has 2 N–H and O–H groups in total. The van der Waals surface area contributed by atoms with E-state index < -0.39 is 0 Å². The van der Waals surface area contributed by atoms with Crippen molar-refractivity contribution in [2.24, 2.45) is 5.92 Å². The van der Waals surface area contributed by atoms with Crippen LogP contribution in [0.2, 0.25) is 5.02 Å². The Bertz CT molecular complexity index is 468. The van der Waals surface area contributed by atoms with Crippen molar-refractivity contribution in [3.05, 3.63) is 28.8 Å². The molecule has 1 aliphatic rings. The van der Waals surface area contributed by atoms with Crippen LogP contribution < -0.4 is 0 Å². The van der Waals surface area contributed by atoms with Gasteiger partial charge in [0.1, 0.15) is 5.75 Å². The summed E-state index contributed by atoms with van der Waals surface area (Å²) < 4.78 is 0. The molecule has 0 spiro atoms. The second-order valence-corrected chi connectivity index (χ2v) is 5.47. The van der Waals surface area contributed by atoms with Gasteiger partial charge in [0.2, 0.25) is 0 Å². The number of aliphatic hydroxyl groups is 1. The lowest BCUT2D eigenvalue weighted by molar-refractivity contribution is 0.0519. The molecule has 1 amide bonds. The van der Waals surface area contributed by atoms with Gasteiger partial charge in [-0.1, -0.05) is 11.6 Å². The summed E-state index contributed by atoms with van der Waals surface area (Å²) in [5, 5.41) is 19.7. The van der Waals surface area contributed by atoms with E-state index in [9.17, 15) is 15.0 Å². The zero-order valence-electron chi connectivity index (χ0n) is 10.8. The summed E-state index contributed by atoms with van der Waals surface area (Å²) in [5.74, 6) is -0.0174. The van der Waals surface area contributed by atoms with E-state index >= 15 is 0 Å². The van der Waals surface area contributed by atoms with Crippen LogP contribution in [0.4, 0.5) is 0 Å². The Morgan fingerprint density at radius 1 is 1.42 bits per heavy atom. The molecule has 0 radical (unpaired) electrons. The highest BCUT2D eigenvalue weighted by atomic mass is 35.5. The smallest absolute Gasteiger partial charge is 0.257 e. The average Bonchev–Trinajstić information content (AvgIpc) is 2.38. The SMILES string of the molecule is CC(O)C1CCN(C(=O)c2ccc(Cl)cc2O)CC1. The zero-order valence-corrected chi connectivity index (χ0v) is 11.6. The van der Waals surface area contributed by atoms with Crippen LogP contribution in [0.3, 0.4) is 0 Å². The summed E-state index contributed by atoms with van der Waals surface area (Å²) in [5.41, 5.74) is 0.278. The Balaban J connectivity index is 2.05. The minimum atomic E-state index is -0.332. The minimum absolute atomic E-state index is 0.0878. The third-order valence-electron chi connectivity index (χ3n) is 3.70. The number of phenols is 1. The van der Waals surface area contributed by atoms with Gasteiger partial charge in [-0.2, -0.15) is 0 Å². The molecule has 5 heteroatoms. The maximum absolute atomic E-state index is 12.3. The fraction of sp³-hybridized carbons (Fsp3) is 0.500. The van der Waals surface area contributed by atoms with Crippen molar-refractivity contribution < 1.29 is 15.0 Å². The molecule has 1 aromatic carbocycles. The molecule has 19 heavy (non-hydrogen) atoms. The van der Waals surface area contributed by atoms with Gasteiger partial charge < -0.3 is 15.1 Å². The number of aromatic hydroxyl groups is 1. The molecule has 0 aromatic heterocycles. The molecule has 104 valence electrons. The molecule has 4 nitrogen and oxygen atoms in total. The maximum atomic E-state index is 12.3. The van der Waals surface area contributed by atoms with Crippen molar-refractivity contribution in [1.29, 1.82) is 0 Å². The van der Waals surface area contributed by atoms with Crippen molar-refractivity contribution in [1.82, 2.24) is 4.90 Å². The van der Waals surface area contributed by atoms with Gasteiger partial charge in [0.15, 0.2) is 0 Å². The van der Waals surface area contributed by atoms with Crippen LogP contribution in [0.15, 0.2) is 18.2 Å². The average molecular weight is 284 g/mol. The van der Waals surface area contributed by atoms with Gasteiger partial charge in [0.25, 0.3) is 5.91 Å². The summed E-state index contributed by atoms with van der Waals surface area (Å²) in [6.07, 6.45) is 1.25. The number of amides is 1. The van der Waals surface area contributed by atoms with E-state index in [4.69, 9.17) is 11.6 Å². The Morgan fingerprint density at radius 2 is 2.05 bits per heavy atom. The van der Waals surface area contributed by atoms with E-state index in [-0.39, 0.29) is 29.2 Å². The van der Waals surface area contributed by atoms with Gasteiger partial charge in [-0.15, -0.1) is 0 Å². The summed E-state index contributed by atoms with van der Waals surface area (Å²) >= 11 is 5.75. The molecule has 0 saturated carbocycles. The normalized spacial score (nSPS) is 18.4. The third-order valence-corrected chi connectivity index (χ3v) is 3.93. The molecule has 1 aliphatic heterocycles. The first-order chi connectivity index (χ1) is 8.99. The summed E-state index contributed by atoms with van der Waals surface area (Å²) in [6, 6.07) is 4.51. The lowest BCUT2D eigenvalue weighted by Crippen LogP contribution is -2.40. The molecular weight excluding hydrogens is 266 g/mol. The van der Waals surface area contributed by atoms with E-state index in [1.807, 2.05) is 0 Å². The molecule has 1 aromatic rings. The van der Waals surface area contributed by atoms with E-state index in [1.165, 1.54) is 6.07 Å². The second kappa shape index (κ2) is 5.80. The van der Waals surface area contributed by atoms with Crippen LogP contribution in [0.25, 0.3) is 0 Å². The highest BCUT2D eigenvalue weighted by molar-refractivity contribution is 6.30. The number of benzene rings is 1. The van der Waals surface area contributed by atoms with Crippen molar-refractivity contribution in [3.8, 4) is 5.75 Å². The number of carbonyl (C=O) groups excluding carboxylic acids is 1. The van der Waals surface area contributed by atoms with Crippen LogP contribution in [0.1, 0.15) is 30.1 Å². The highest BCUT2D eigenvalue weighted by Gasteiger charge is 2.27. The molecule has 2 rings (SSSR count). The van der Waals surface area contributed by atoms with Gasteiger partial charge in [0, 0.05) is 18.1 Å². The Labute approximate surface area is 117 Å². The van der Waals surface area contributed by atoms with Crippen LogP contribution in [0.5, 0.6) is 5.75 Å². The van der Waals surface area contributed by atoms with Crippen LogP contribution in [0, 0.1) is 5.92 Å². The highest BCUT2D eigenvalue weighted by Crippen LogP contribution is 2.26. The van der Waals surface area contributed by atoms with Crippen molar-refractivity contribution in [2.75, 3.05) is 13.1 Å². The Morgan fingerprint density at radius 3 is 2.58 bits per heavy atom. The van der Waals surface area contributed by atoms with E-state index in [1.54, 1.807) is 24.0 Å². The zero-order chi connectivity index (χ0) is 14.0. The summed E-state index contributed by atoms with van der Waals surface area (Å²) in [4.78, 5) is 14.0. The molecule has 1 atom stereocenters. The van der Waals surface area contributed by atoms with Crippen molar-refractivity contribution >= 4 is 17.5 Å². The molecule has 0 bridgehead atoms. The number of halogens is 1. The first-order valence-corrected chi connectivity index (χ1v) is 6.82. The quantitative estimate of drug-likeness (QED) is 0.875. The van der Waals surface area contributed by atoms with E-state index in [0.717, 1.165) is 12.8 Å². The largest absolute Gasteiger partial charge is 0.507 e. The number of nitrogens with zero attached hydrogens (tertiary/aromatic N) is 1. The van der Waals surface area contributed by atoms with Gasteiger partial charge in [-0.25, -0.2) is 0 Å². The number of hydrogen-bond acceptors (Lipinski definition) is 3. The predicted octanol–water partition coefficient (Wildman–Crippen LogP) is 2.28. The fourth-order valence-electron chi connectivity index (χ4n) is 2.44. The molecule has 1 heterocycles. The lowest BCUT2D eigenvalue weighted by atomic mass is 9.92. The maximum Gasteiger partial charge on any atom is 0.257 e. The van der Waals surface area contributed by atoms with Crippen LogP contribution in [-0.4, -0.2) is 40.2 Å². The molecule has 0 aliphatic carbocycles. The number of likely N-dealkylation sites (tertiary alicyclic amines) is 1. The first-order valence-electron chi connectivity index (χ1n) is 6.45. The number of piperidine rings is 1. The lowest BCUT2D eigenvalue weighted by Gasteiger charge is -2.33. The second-order valence-electron chi connectivity index (χ2n) is 5.03. The third kappa shape index (κ3) is 3.19. The molecular formula is C14H18ClNO3. The molecule has 1 saturated heterocycles. The van der Waals surface area contributed by atoms with Gasteiger partial charge in [-0.05, 0) is 43.9 Å². The van der Waals surface area contributed by atoms with Crippen LogP contribution >= 0.6 is 11.6 Å². The summed E-state index contributed by atoms with van der Waals surface area (Å²) in [7, 11) is 0. The molecule has 1 fully saturated rings. The van der Waals surface area contributed by atoms with Gasteiger partial charge >= 0.3 is 0 Å².